The van der Waals surface area contributed by atoms with E-state index in [1.807, 2.05) is 0 Å². The Morgan fingerprint density at radius 1 is 1.22 bits per heavy atom. The van der Waals surface area contributed by atoms with Crippen LogP contribution in [-0.4, -0.2) is 22.2 Å². The highest BCUT2D eigenvalue weighted by Gasteiger charge is 2.27. The van der Waals surface area contributed by atoms with Gasteiger partial charge in [0.1, 0.15) is 5.82 Å². The molecule has 0 bridgehead atoms. The molecule has 1 aromatic rings. The fourth-order valence-corrected chi connectivity index (χ4v) is 1.85. The number of carboxylic acid groups (broad SMARTS) is 2. The molecule has 2 atom stereocenters. The standard InChI is InChI=1S/C13H15FO4/c1-8(11(13(17)18)7-12(15)16)6-9-2-4-10(14)5-3-9/h2-5,8,11H,6-7H2,1H3,(H,15,16)(H,17,18). The molecule has 18 heavy (non-hydrogen) atoms. The van der Waals surface area contributed by atoms with Crippen molar-refractivity contribution in [3.8, 4) is 0 Å². The number of carbonyl (C=O) groups is 2. The lowest BCUT2D eigenvalue weighted by molar-refractivity contribution is -0.150. The molecule has 0 saturated heterocycles. The average Bonchev–Trinajstić information content (AvgIpc) is 2.28. The normalized spacial score (nSPS) is 13.9. The van der Waals surface area contributed by atoms with E-state index in [1.165, 1.54) is 12.1 Å². The van der Waals surface area contributed by atoms with Gasteiger partial charge in [0.15, 0.2) is 0 Å². The summed E-state index contributed by atoms with van der Waals surface area (Å²) >= 11 is 0. The molecule has 0 aliphatic rings. The summed E-state index contributed by atoms with van der Waals surface area (Å²) in [4.78, 5) is 21.6. The molecule has 4 nitrogen and oxygen atoms in total. The third-order valence-corrected chi connectivity index (χ3v) is 2.87. The minimum Gasteiger partial charge on any atom is -0.481 e. The Morgan fingerprint density at radius 3 is 2.22 bits per heavy atom. The van der Waals surface area contributed by atoms with Gasteiger partial charge in [0.05, 0.1) is 12.3 Å². The molecule has 1 rings (SSSR count). The van der Waals surface area contributed by atoms with Crippen molar-refractivity contribution in [2.24, 2.45) is 11.8 Å². The van der Waals surface area contributed by atoms with Gasteiger partial charge in [-0.25, -0.2) is 4.39 Å². The summed E-state index contributed by atoms with van der Waals surface area (Å²) < 4.78 is 12.7. The Kier molecular flexibility index (Phi) is 4.83. The van der Waals surface area contributed by atoms with Crippen LogP contribution in [0, 0.1) is 17.7 Å². The van der Waals surface area contributed by atoms with E-state index in [4.69, 9.17) is 10.2 Å². The highest BCUT2D eigenvalue weighted by Crippen LogP contribution is 2.21. The summed E-state index contributed by atoms with van der Waals surface area (Å²) in [5.74, 6) is -3.87. The number of aliphatic carboxylic acids is 2. The van der Waals surface area contributed by atoms with Crippen LogP contribution in [0.1, 0.15) is 18.9 Å². The second-order valence-corrected chi connectivity index (χ2v) is 4.35. The second kappa shape index (κ2) is 6.14. The van der Waals surface area contributed by atoms with Gasteiger partial charge in [-0.15, -0.1) is 0 Å². The molecule has 2 unspecified atom stereocenters. The summed E-state index contributed by atoms with van der Waals surface area (Å²) in [6.45, 7) is 1.69. The molecule has 0 spiro atoms. The van der Waals surface area contributed by atoms with Crippen molar-refractivity contribution in [1.82, 2.24) is 0 Å². The highest BCUT2D eigenvalue weighted by molar-refractivity contribution is 5.77. The van der Waals surface area contributed by atoms with E-state index < -0.39 is 24.3 Å². The summed E-state index contributed by atoms with van der Waals surface area (Å²) in [5, 5.41) is 17.7. The fourth-order valence-electron chi connectivity index (χ4n) is 1.85. The molecule has 0 fully saturated rings. The van der Waals surface area contributed by atoms with Gasteiger partial charge in [-0.3, -0.25) is 9.59 Å². The van der Waals surface area contributed by atoms with E-state index in [2.05, 4.69) is 0 Å². The molecule has 0 aromatic heterocycles. The minimum absolute atomic E-state index is 0.330. The summed E-state index contributed by atoms with van der Waals surface area (Å²) in [6, 6.07) is 5.75. The van der Waals surface area contributed by atoms with Gasteiger partial charge < -0.3 is 10.2 Å². The van der Waals surface area contributed by atoms with Gasteiger partial charge in [0, 0.05) is 0 Å². The largest absolute Gasteiger partial charge is 0.481 e. The summed E-state index contributed by atoms with van der Waals surface area (Å²) in [5.41, 5.74) is 0.792. The highest BCUT2D eigenvalue weighted by atomic mass is 19.1. The van der Waals surface area contributed by atoms with Crippen LogP contribution in [0.5, 0.6) is 0 Å². The predicted molar refractivity (Wildman–Crippen MR) is 62.6 cm³/mol. The zero-order valence-corrected chi connectivity index (χ0v) is 9.97. The first-order chi connectivity index (χ1) is 8.40. The monoisotopic (exact) mass is 254 g/mol. The van der Waals surface area contributed by atoms with Gasteiger partial charge in [0.2, 0.25) is 0 Å². The first-order valence-corrected chi connectivity index (χ1v) is 5.59. The van der Waals surface area contributed by atoms with E-state index in [0.29, 0.717) is 6.42 Å². The zero-order valence-electron chi connectivity index (χ0n) is 9.97. The average molecular weight is 254 g/mol. The van der Waals surface area contributed by atoms with Crippen LogP contribution in [0.3, 0.4) is 0 Å². The number of benzene rings is 1. The molecule has 1 aromatic carbocycles. The Balaban J connectivity index is 2.72. The van der Waals surface area contributed by atoms with Crippen LogP contribution in [0.15, 0.2) is 24.3 Å². The molecule has 0 heterocycles. The molecule has 5 heteroatoms. The van der Waals surface area contributed by atoms with Crippen molar-refractivity contribution in [2.75, 3.05) is 0 Å². The number of hydrogen-bond acceptors (Lipinski definition) is 2. The first-order valence-electron chi connectivity index (χ1n) is 5.59. The van der Waals surface area contributed by atoms with Crippen molar-refractivity contribution in [3.05, 3.63) is 35.6 Å². The van der Waals surface area contributed by atoms with Crippen molar-refractivity contribution >= 4 is 11.9 Å². The van der Waals surface area contributed by atoms with E-state index in [1.54, 1.807) is 19.1 Å². The topological polar surface area (TPSA) is 74.6 Å². The molecular formula is C13H15FO4. The molecule has 98 valence electrons. The number of halogens is 1. The van der Waals surface area contributed by atoms with Crippen molar-refractivity contribution < 1.29 is 24.2 Å². The van der Waals surface area contributed by atoms with E-state index in [-0.39, 0.29) is 11.7 Å². The Bertz CT molecular complexity index is 427. The molecule has 0 radical (unpaired) electrons. The van der Waals surface area contributed by atoms with Gasteiger partial charge in [-0.2, -0.15) is 0 Å². The SMILES string of the molecule is CC(Cc1ccc(F)cc1)C(CC(=O)O)C(=O)O. The Morgan fingerprint density at radius 2 is 1.78 bits per heavy atom. The van der Waals surface area contributed by atoms with Crippen LogP contribution in [0.25, 0.3) is 0 Å². The summed E-state index contributed by atoms with van der Waals surface area (Å²) in [6.07, 6.45) is 0.00220. The van der Waals surface area contributed by atoms with Crippen LogP contribution in [0.2, 0.25) is 0 Å². The lowest BCUT2D eigenvalue weighted by Crippen LogP contribution is -2.26. The first kappa shape index (κ1) is 14.2. The van der Waals surface area contributed by atoms with Gasteiger partial charge in [-0.05, 0) is 30.0 Å². The maximum Gasteiger partial charge on any atom is 0.307 e. The maximum absolute atomic E-state index is 12.7. The number of rotatable bonds is 6. The minimum atomic E-state index is -1.13. The van der Waals surface area contributed by atoms with Crippen LogP contribution < -0.4 is 0 Å². The molecule has 0 amide bonds. The summed E-state index contributed by atoms with van der Waals surface area (Å²) in [7, 11) is 0. The van der Waals surface area contributed by atoms with Crippen molar-refractivity contribution in [2.45, 2.75) is 19.8 Å². The smallest absolute Gasteiger partial charge is 0.307 e. The van der Waals surface area contributed by atoms with E-state index in [9.17, 15) is 14.0 Å². The number of carboxylic acids is 2. The van der Waals surface area contributed by atoms with Crippen molar-refractivity contribution in [3.63, 3.8) is 0 Å². The van der Waals surface area contributed by atoms with Gasteiger partial charge >= 0.3 is 11.9 Å². The molecule has 0 saturated carbocycles. The Labute approximate surface area is 104 Å². The van der Waals surface area contributed by atoms with Crippen LogP contribution in [-0.2, 0) is 16.0 Å². The fraction of sp³-hybridized carbons (Fsp3) is 0.385. The molecule has 2 N–H and O–H groups in total. The van der Waals surface area contributed by atoms with Gasteiger partial charge in [-0.1, -0.05) is 19.1 Å². The molecule has 0 aliphatic heterocycles. The lowest BCUT2D eigenvalue weighted by Gasteiger charge is -2.18. The third kappa shape index (κ3) is 4.16. The van der Waals surface area contributed by atoms with Crippen molar-refractivity contribution in [1.29, 1.82) is 0 Å². The lowest BCUT2D eigenvalue weighted by atomic mass is 9.86. The van der Waals surface area contributed by atoms with E-state index in [0.717, 1.165) is 5.56 Å². The van der Waals surface area contributed by atoms with Crippen LogP contribution in [0.4, 0.5) is 4.39 Å². The van der Waals surface area contributed by atoms with Gasteiger partial charge in [0.25, 0.3) is 0 Å². The Hall–Kier alpha value is -1.91. The quantitative estimate of drug-likeness (QED) is 0.816. The van der Waals surface area contributed by atoms with Crippen LogP contribution >= 0.6 is 0 Å². The molecular weight excluding hydrogens is 239 g/mol. The second-order valence-electron chi connectivity index (χ2n) is 4.35. The van der Waals surface area contributed by atoms with E-state index >= 15 is 0 Å². The maximum atomic E-state index is 12.7. The predicted octanol–water partition coefficient (Wildman–Crippen LogP) is 2.18. The molecule has 0 aliphatic carbocycles. The third-order valence-electron chi connectivity index (χ3n) is 2.87. The zero-order chi connectivity index (χ0) is 13.7. The number of hydrogen-bond donors (Lipinski definition) is 2.